The molecule has 0 fully saturated rings. The van der Waals surface area contributed by atoms with Crippen molar-refractivity contribution in [1.29, 1.82) is 0 Å². The molecule has 28 heavy (non-hydrogen) atoms. The molecule has 1 aliphatic rings. The number of amides is 1. The van der Waals surface area contributed by atoms with Crippen LogP contribution in [0.1, 0.15) is 23.0 Å². The molecule has 2 heterocycles. The third-order valence-electron chi connectivity index (χ3n) is 4.96. The summed E-state index contributed by atoms with van der Waals surface area (Å²) in [5.74, 6) is 0.473. The minimum Gasteiger partial charge on any atom is -0.324 e. The molecule has 1 amide bonds. The second-order valence-electron chi connectivity index (χ2n) is 6.83. The topological polar surface area (TPSA) is 83.0 Å². The number of aryl methyl sites for hydroxylation is 1. The van der Waals surface area contributed by atoms with Gasteiger partial charge in [0.1, 0.15) is 11.9 Å². The van der Waals surface area contributed by atoms with Crippen LogP contribution in [0.5, 0.6) is 0 Å². The van der Waals surface area contributed by atoms with Gasteiger partial charge in [0.05, 0.1) is 6.54 Å². The summed E-state index contributed by atoms with van der Waals surface area (Å²) in [6, 6.07) is 14.5. The zero-order chi connectivity index (χ0) is 19.7. The first-order valence-electron chi connectivity index (χ1n) is 9.03. The summed E-state index contributed by atoms with van der Waals surface area (Å²) < 4.78 is 1.61. The molecule has 0 radical (unpaired) electrons. The fraction of sp³-hybridized carbons (Fsp3) is 0.250. The highest BCUT2D eigenvalue weighted by atomic mass is 35.5. The van der Waals surface area contributed by atoms with E-state index in [9.17, 15) is 9.59 Å². The Balaban J connectivity index is 1.63. The summed E-state index contributed by atoms with van der Waals surface area (Å²) in [7, 11) is 0. The van der Waals surface area contributed by atoms with E-state index in [1.54, 1.807) is 10.6 Å². The van der Waals surface area contributed by atoms with Crippen LogP contribution in [-0.4, -0.2) is 32.1 Å². The predicted octanol–water partition coefficient (Wildman–Crippen LogP) is 2.73. The second kappa shape index (κ2) is 7.61. The Labute approximate surface area is 166 Å². The normalized spacial score (nSPS) is 15.1. The number of fused-ring (bicyclic) bond motifs is 1. The summed E-state index contributed by atoms with van der Waals surface area (Å²) in [5, 5.41) is 10.1. The monoisotopic (exact) mass is 397 g/mol. The number of hydrogen-bond donors (Lipinski definition) is 2. The van der Waals surface area contributed by atoms with Crippen LogP contribution in [0.25, 0.3) is 0 Å². The van der Waals surface area contributed by atoms with Crippen LogP contribution in [0.4, 0.5) is 5.69 Å². The van der Waals surface area contributed by atoms with E-state index in [1.807, 2.05) is 54.3 Å². The number of anilines is 1. The Kier molecular flexibility index (Phi) is 5.02. The molecule has 0 aliphatic carbocycles. The highest BCUT2D eigenvalue weighted by Crippen LogP contribution is 2.27. The minimum atomic E-state index is -0.512. The number of halogens is 1. The van der Waals surface area contributed by atoms with Gasteiger partial charge in [-0.25, -0.2) is 9.89 Å². The summed E-state index contributed by atoms with van der Waals surface area (Å²) in [6.07, 6.45) is 0. The van der Waals surface area contributed by atoms with E-state index in [4.69, 9.17) is 11.6 Å². The first-order valence-corrected chi connectivity index (χ1v) is 9.41. The molecule has 1 atom stereocenters. The quantitative estimate of drug-likeness (QED) is 0.709. The first kappa shape index (κ1) is 18.5. The molecule has 2 N–H and O–H groups in total. The Morgan fingerprint density at radius 2 is 2.00 bits per heavy atom. The molecule has 1 aliphatic heterocycles. The van der Waals surface area contributed by atoms with Crippen LogP contribution in [-0.2, 0) is 17.9 Å². The van der Waals surface area contributed by atoms with Gasteiger partial charge in [0, 0.05) is 23.8 Å². The predicted molar refractivity (Wildman–Crippen MR) is 107 cm³/mol. The van der Waals surface area contributed by atoms with Crippen LogP contribution in [0, 0.1) is 6.92 Å². The Morgan fingerprint density at radius 1 is 1.21 bits per heavy atom. The van der Waals surface area contributed by atoms with Crippen molar-refractivity contribution in [2.45, 2.75) is 26.1 Å². The summed E-state index contributed by atoms with van der Waals surface area (Å²) in [6.45, 7) is 3.37. The molecule has 8 heteroatoms. The van der Waals surface area contributed by atoms with Crippen LogP contribution >= 0.6 is 11.6 Å². The number of carbonyl (C=O) groups excluding carboxylic acids is 1. The van der Waals surface area contributed by atoms with Gasteiger partial charge in [0.15, 0.2) is 0 Å². The molecular weight excluding hydrogens is 378 g/mol. The fourth-order valence-corrected chi connectivity index (χ4v) is 3.64. The van der Waals surface area contributed by atoms with Gasteiger partial charge >= 0.3 is 5.69 Å². The molecule has 2 aromatic carbocycles. The highest BCUT2D eigenvalue weighted by molar-refractivity contribution is 6.31. The number of rotatable bonds is 4. The number of aromatic nitrogens is 3. The van der Waals surface area contributed by atoms with Crippen LogP contribution in [0.2, 0.25) is 5.02 Å². The average Bonchev–Trinajstić information content (AvgIpc) is 3.06. The van der Waals surface area contributed by atoms with E-state index in [0.29, 0.717) is 36.2 Å². The molecule has 0 bridgehead atoms. The van der Waals surface area contributed by atoms with Crippen molar-refractivity contribution in [3.63, 3.8) is 0 Å². The third-order valence-corrected chi connectivity index (χ3v) is 5.37. The Morgan fingerprint density at radius 3 is 2.75 bits per heavy atom. The van der Waals surface area contributed by atoms with Crippen molar-refractivity contribution >= 4 is 23.2 Å². The molecular formula is C20H20ClN5O2. The lowest BCUT2D eigenvalue weighted by molar-refractivity contribution is -0.122. The van der Waals surface area contributed by atoms with Crippen molar-refractivity contribution in [3.8, 4) is 0 Å². The van der Waals surface area contributed by atoms with Crippen molar-refractivity contribution in [3.05, 3.63) is 81.0 Å². The van der Waals surface area contributed by atoms with Gasteiger partial charge in [-0.1, -0.05) is 48.0 Å². The maximum Gasteiger partial charge on any atom is 0.343 e. The molecule has 1 unspecified atom stereocenters. The van der Waals surface area contributed by atoms with E-state index < -0.39 is 6.04 Å². The smallest absolute Gasteiger partial charge is 0.324 e. The van der Waals surface area contributed by atoms with E-state index in [2.05, 4.69) is 15.5 Å². The second-order valence-corrected chi connectivity index (χ2v) is 7.24. The Hall–Kier alpha value is -2.90. The number of aromatic amines is 1. The molecule has 1 aromatic heterocycles. The largest absolute Gasteiger partial charge is 0.343 e. The van der Waals surface area contributed by atoms with E-state index in [1.165, 1.54) is 0 Å². The van der Waals surface area contributed by atoms with Gasteiger partial charge < -0.3 is 5.32 Å². The minimum absolute atomic E-state index is 0.155. The number of H-pyrrole nitrogens is 1. The van der Waals surface area contributed by atoms with Gasteiger partial charge in [0.25, 0.3) is 0 Å². The van der Waals surface area contributed by atoms with Gasteiger partial charge in [-0.05, 0) is 30.2 Å². The molecule has 7 nitrogen and oxygen atoms in total. The van der Waals surface area contributed by atoms with E-state index in [-0.39, 0.29) is 11.6 Å². The zero-order valence-corrected chi connectivity index (χ0v) is 16.1. The van der Waals surface area contributed by atoms with Gasteiger partial charge in [-0.3, -0.25) is 14.3 Å². The lowest BCUT2D eigenvalue weighted by atomic mass is 10.0. The molecule has 0 saturated carbocycles. The number of carbonyl (C=O) groups is 1. The lowest BCUT2D eigenvalue weighted by Crippen LogP contribution is -2.43. The SMILES string of the molecule is Cc1ccc(NC(=O)C(c2ccccc2)N2CCn3c(n[nH]c3=O)C2)cc1Cl. The van der Waals surface area contributed by atoms with E-state index in [0.717, 1.165) is 11.1 Å². The zero-order valence-electron chi connectivity index (χ0n) is 15.4. The number of nitrogens with one attached hydrogen (secondary N) is 2. The van der Waals surface area contributed by atoms with Crippen LogP contribution in [0.15, 0.2) is 53.3 Å². The van der Waals surface area contributed by atoms with Crippen molar-refractivity contribution < 1.29 is 4.79 Å². The van der Waals surface area contributed by atoms with Gasteiger partial charge in [-0.15, -0.1) is 0 Å². The molecule has 144 valence electrons. The third kappa shape index (κ3) is 3.58. The first-order chi connectivity index (χ1) is 13.5. The molecule has 3 aromatic rings. The highest BCUT2D eigenvalue weighted by Gasteiger charge is 2.31. The number of benzene rings is 2. The van der Waals surface area contributed by atoms with Crippen LogP contribution in [0.3, 0.4) is 0 Å². The maximum absolute atomic E-state index is 13.2. The van der Waals surface area contributed by atoms with Crippen molar-refractivity contribution in [2.24, 2.45) is 0 Å². The van der Waals surface area contributed by atoms with Crippen molar-refractivity contribution in [1.82, 2.24) is 19.7 Å². The molecule has 0 spiro atoms. The summed E-state index contributed by atoms with van der Waals surface area (Å²) in [4.78, 5) is 27.0. The maximum atomic E-state index is 13.2. The molecule has 0 saturated heterocycles. The lowest BCUT2D eigenvalue weighted by Gasteiger charge is -2.33. The van der Waals surface area contributed by atoms with Crippen LogP contribution < -0.4 is 11.0 Å². The average molecular weight is 398 g/mol. The Bertz CT molecular complexity index is 1060. The molecule has 4 rings (SSSR count). The number of nitrogens with zero attached hydrogens (tertiary/aromatic N) is 3. The summed E-state index contributed by atoms with van der Waals surface area (Å²) >= 11 is 6.20. The van der Waals surface area contributed by atoms with E-state index >= 15 is 0 Å². The number of hydrogen-bond acceptors (Lipinski definition) is 4. The van der Waals surface area contributed by atoms with Crippen molar-refractivity contribution in [2.75, 3.05) is 11.9 Å². The standard InChI is InChI=1S/C20H20ClN5O2/c1-13-7-8-15(11-16(13)21)22-19(27)18(14-5-3-2-4-6-14)25-9-10-26-17(12-25)23-24-20(26)28/h2-8,11,18H,9-10,12H2,1H3,(H,22,27)(H,24,28). The van der Waals surface area contributed by atoms with Gasteiger partial charge in [0.2, 0.25) is 5.91 Å². The fourth-order valence-electron chi connectivity index (χ4n) is 3.46. The summed E-state index contributed by atoms with van der Waals surface area (Å²) in [5.41, 5.74) is 2.26. The van der Waals surface area contributed by atoms with Gasteiger partial charge in [-0.2, -0.15) is 5.10 Å².